The Hall–Kier alpha value is -1.14. The van der Waals surface area contributed by atoms with E-state index in [2.05, 4.69) is 0 Å². The van der Waals surface area contributed by atoms with E-state index < -0.39 is 5.97 Å². The van der Waals surface area contributed by atoms with Crippen LogP contribution in [-0.4, -0.2) is 54.2 Å². The molecule has 1 saturated heterocycles. The van der Waals surface area contributed by atoms with Gasteiger partial charge < -0.3 is 20.5 Å². The molecule has 1 amide bonds. The van der Waals surface area contributed by atoms with Gasteiger partial charge in [0.2, 0.25) is 5.91 Å². The summed E-state index contributed by atoms with van der Waals surface area (Å²) in [6, 6.07) is -0.378. The van der Waals surface area contributed by atoms with Gasteiger partial charge in [-0.05, 0) is 5.92 Å². The fourth-order valence-corrected chi connectivity index (χ4v) is 2.19. The average Bonchev–Trinajstić information content (AvgIpc) is 2.29. The first kappa shape index (κ1) is 14.9. The van der Waals surface area contributed by atoms with Crippen LogP contribution in [-0.2, 0) is 14.3 Å². The molecule has 3 N–H and O–H groups in total. The van der Waals surface area contributed by atoms with Gasteiger partial charge in [-0.15, -0.1) is 0 Å². The van der Waals surface area contributed by atoms with E-state index in [4.69, 9.17) is 15.6 Å². The number of nitrogens with zero attached hydrogens (tertiary/aromatic N) is 1. The van der Waals surface area contributed by atoms with Crippen molar-refractivity contribution in [3.8, 4) is 0 Å². The fraction of sp³-hybridized carbons (Fsp3) is 0.833. The molecule has 1 heterocycles. The number of amides is 1. The first-order valence-electron chi connectivity index (χ1n) is 6.27. The Bertz CT molecular complexity index is 306. The van der Waals surface area contributed by atoms with Crippen LogP contribution in [0, 0.1) is 11.8 Å². The maximum Gasteiger partial charge on any atom is 0.305 e. The Morgan fingerprint density at radius 3 is 2.67 bits per heavy atom. The van der Waals surface area contributed by atoms with Crippen molar-refractivity contribution in [2.75, 3.05) is 26.3 Å². The number of hydrogen-bond acceptors (Lipinski definition) is 4. The quantitative estimate of drug-likeness (QED) is 0.719. The van der Waals surface area contributed by atoms with E-state index in [9.17, 15) is 9.59 Å². The van der Waals surface area contributed by atoms with Crippen LogP contribution in [0.25, 0.3) is 0 Å². The van der Waals surface area contributed by atoms with Gasteiger partial charge in [0.15, 0.2) is 0 Å². The van der Waals surface area contributed by atoms with Gasteiger partial charge in [-0.1, -0.05) is 13.8 Å². The van der Waals surface area contributed by atoms with E-state index in [-0.39, 0.29) is 43.4 Å². The number of carbonyl (C=O) groups excluding carboxylic acids is 1. The van der Waals surface area contributed by atoms with Crippen LogP contribution in [0.15, 0.2) is 0 Å². The largest absolute Gasteiger partial charge is 0.481 e. The zero-order valence-electron chi connectivity index (χ0n) is 11.0. The summed E-state index contributed by atoms with van der Waals surface area (Å²) >= 11 is 0. The standard InChI is InChI=1S/C12H22N2O4/c1-8(2)10(6-13)12(17)14-3-4-18-7-9(14)5-11(15)16/h8-10H,3-7,13H2,1-2H3,(H,15,16). The molecular formula is C12H22N2O4. The molecule has 1 aliphatic rings. The molecule has 0 aromatic heterocycles. The fourth-order valence-electron chi connectivity index (χ4n) is 2.19. The number of aliphatic carboxylic acids is 1. The minimum atomic E-state index is -0.919. The number of rotatable bonds is 5. The predicted octanol–water partition coefficient (Wildman–Crippen LogP) is -0.0806. The van der Waals surface area contributed by atoms with Crippen LogP contribution in [0.2, 0.25) is 0 Å². The van der Waals surface area contributed by atoms with E-state index in [1.54, 1.807) is 4.90 Å². The second-order valence-electron chi connectivity index (χ2n) is 4.94. The molecule has 1 rings (SSSR count). The van der Waals surface area contributed by atoms with Gasteiger partial charge in [-0.2, -0.15) is 0 Å². The van der Waals surface area contributed by atoms with Gasteiger partial charge in [0, 0.05) is 13.1 Å². The molecule has 0 aromatic carbocycles. The minimum absolute atomic E-state index is 0.0537. The van der Waals surface area contributed by atoms with Gasteiger partial charge >= 0.3 is 5.97 Å². The lowest BCUT2D eigenvalue weighted by Gasteiger charge is -2.37. The van der Waals surface area contributed by atoms with E-state index in [1.807, 2.05) is 13.8 Å². The van der Waals surface area contributed by atoms with Gasteiger partial charge in [-0.25, -0.2) is 0 Å². The van der Waals surface area contributed by atoms with Crippen molar-refractivity contribution in [2.24, 2.45) is 17.6 Å². The van der Waals surface area contributed by atoms with Gasteiger partial charge in [0.05, 0.1) is 31.6 Å². The summed E-state index contributed by atoms with van der Waals surface area (Å²) in [5.74, 6) is -1.07. The lowest BCUT2D eigenvalue weighted by Crippen LogP contribution is -2.53. The monoisotopic (exact) mass is 258 g/mol. The zero-order chi connectivity index (χ0) is 13.7. The third kappa shape index (κ3) is 3.68. The van der Waals surface area contributed by atoms with Crippen LogP contribution in [0.1, 0.15) is 20.3 Å². The van der Waals surface area contributed by atoms with Crippen molar-refractivity contribution < 1.29 is 19.4 Å². The molecule has 6 heteroatoms. The SMILES string of the molecule is CC(C)C(CN)C(=O)N1CCOCC1CC(=O)O. The zero-order valence-corrected chi connectivity index (χ0v) is 11.0. The normalized spacial score (nSPS) is 22.0. The van der Waals surface area contributed by atoms with Crippen LogP contribution >= 0.6 is 0 Å². The molecule has 0 aliphatic carbocycles. The maximum atomic E-state index is 12.4. The predicted molar refractivity (Wildman–Crippen MR) is 66.0 cm³/mol. The highest BCUT2D eigenvalue weighted by Crippen LogP contribution is 2.18. The molecule has 0 radical (unpaired) electrons. The van der Waals surface area contributed by atoms with Crippen molar-refractivity contribution in [2.45, 2.75) is 26.3 Å². The summed E-state index contributed by atoms with van der Waals surface area (Å²) in [6.07, 6.45) is -0.0822. The van der Waals surface area contributed by atoms with E-state index >= 15 is 0 Å². The van der Waals surface area contributed by atoms with Crippen LogP contribution in [0.5, 0.6) is 0 Å². The summed E-state index contributed by atoms with van der Waals surface area (Å²) in [5.41, 5.74) is 5.63. The molecule has 0 aromatic rings. The number of carboxylic acid groups (broad SMARTS) is 1. The lowest BCUT2D eigenvalue weighted by atomic mass is 9.93. The molecule has 6 nitrogen and oxygen atoms in total. The van der Waals surface area contributed by atoms with Crippen molar-refractivity contribution in [3.63, 3.8) is 0 Å². The van der Waals surface area contributed by atoms with Crippen LogP contribution in [0.4, 0.5) is 0 Å². The van der Waals surface area contributed by atoms with Crippen LogP contribution in [0.3, 0.4) is 0 Å². The highest BCUT2D eigenvalue weighted by molar-refractivity contribution is 5.80. The molecule has 104 valence electrons. The van der Waals surface area contributed by atoms with Gasteiger partial charge in [0.25, 0.3) is 0 Å². The highest BCUT2D eigenvalue weighted by Gasteiger charge is 2.33. The Kier molecular flexibility index (Phi) is 5.55. The maximum absolute atomic E-state index is 12.4. The summed E-state index contributed by atoms with van der Waals surface area (Å²) in [6.45, 7) is 5.36. The molecule has 0 bridgehead atoms. The first-order chi connectivity index (χ1) is 8.47. The molecule has 0 spiro atoms. The Balaban J connectivity index is 2.75. The molecule has 1 aliphatic heterocycles. The number of morpholine rings is 1. The van der Waals surface area contributed by atoms with E-state index in [0.717, 1.165) is 0 Å². The Morgan fingerprint density at radius 2 is 2.17 bits per heavy atom. The van der Waals surface area contributed by atoms with Crippen molar-refractivity contribution in [3.05, 3.63) is 0 Å². The second kappa shape index (κ2) is 6.70. The Morgan fingerprint density at radius 1 is 1.50 bits per heavy atom. The molecular weight excluding hydrogens is 236 g/mol. The third-order valence-electron chi connectivity index (χ3n) is 3.30. The first-order valence-corrected chi connectivity index (χ1v) is 6.27. The summed E-state index contributed by atoms with van der Waals surface area (Å²) in [7, 11) is 0. The van der Waals surface area contributed by atoms with E-state index in [0.29, 0.717) is 13.2 Å². The smallest absolute Gasteiger partial charge is 0.305 e. The van der Waals surface area contributed by atoms with E-state index in [1.165, 1.54) is 0 Å². The molecule has 0 saturated carbocycles. The summed E-state index contributed by atoms with van der Waals surface area (Å²) < 4.78 is 5.25. The third-order valence-corrected chi connectivity index (χ3v) is 3.30. The Labute approximate surface area is 107 Å². The topological polar surface area (TPSA) is 92.9 Å². The average molecular weight is 258 g/mol. The highest BCUT2D eigenvalue weighted by atomic mass is 16.5. The van der Waals surface area contributed by atoms with Crippen molar-refractivity contribution in [1.29, 1.82) is 0 Å². The molecule has 1 fully saturated rings. The van der Waals surface area contributed by atoms with Gasteiger partial charge in [0.1, 0.15) is 0 Å². The van der Waals surface area contributed by atoms with Crippen molar-refractivity contribution >= 4 is 11.9 Å². The van der Waals surface area contributed by atoms with Crippen LogP contribution < -0.4 is 5.73 Å². The minimum Gasteiger partial charge on any atom is -0.481 e. The number of carbonyl (C=O) groups is 2. The lowest BCUT2D eigenvalue weighted by molar-refractivity contribution is -0.149. The number of carboxylic acids is 1. The molecule has 18 heavy (non-hydrogen) atoms. The number of nitrogens with two attached hydrogens (primary N) is 1. The molecule has 2 unspecified atom stereocenters. The number of ether oxygens (including phenoxy) is 1. The van der Waals surface area contributed by atoms with Crippen molar-refractivity contribution in [1.82, 2.24) is 4.90 Å². The summed E-state index contributed by atoms with van der Waals surface area (Å²) in [5, 5.41) is 8.85. The summed E-state index contributed by atoms with van der Waals surface area (Å²) in [4.78, 5) is 24.8. The second-order valence-corrected chi connectivity index (χ2v) is 4.94. The van der Waals surface area contributed by atoms with Gasteiger partial charge in [-0.3, -0.25) is 9.59 Å². The number of hydrogen-bond donors (Lipinski definition) is 2. The molecule has 2 atom stereocenters.